The molecule has 0 aliphatic carbocycles. The fraction of sp³-hybridized carbons (Fsp3) is 0. The molecule has 0 saturated carbocycles. The predicted octanol–water partition coefficient (Wildman–Crippen LogP) is 2.11. The zero-order chi connectivity index (χ0) is 6.85. The lowest BCUT2D eigenvalue weighted by Crippen LogP contribution is -1.77. The summed E-state index contributed by atoms with van der Waals surface area (Å²) >= 11 is 0. The highest BCUT2D eigenvalue weighted by atomic mass is 19.1. The van der Waals surface area contributed by atoms with Crippen LogP contribution in [0.3, 0.4) is 0 Å². The molecule has 1 radical (unpaired) electrons. The van der Waals surface area contributed by atoms with Gasteiger partial charge in [0.2, 0.25) is 5.75 Å². The van der Waals surface area contributed by atoms with Crippen LogP contribution in [0.15, 0.2) is 18.2 Å². The number of rotatable bonds is 0. The molecule has 0 aliphatic heterocycles. The average Bonchev–Trinajstić information content (AvgIpc) is 1.83. The highest BCUT2D eigenvalue weighted by molar-refractivity contribution is 5.23. The van der Waals surface area contributed by atoms with Crippen LogP contribution in [0, 0.1) is 11.6 Å². The first-order chi connectivity index (χ1) is 4.22. The van der Waals surface area contributed by atoms with Gasteiger partial charge >= 0.3 is 0 Å². The van der Waals surface area contributed by atoms with E-state index in [-0.39, 0.29) is 0 Å². The topological polar surface area (TPSA) is 19.9 Å². The van der Waals surface area contributed by atoms with Crippen molar-refractivity contribution < 1.29 is 13.9 Å². The lowest BCUT2D eigenvalue weighted by Gasteiger charge is -1.89. The summed E-state index contributed by atoms with van der Waals surface area (Å²) in [7, 11) is 0. The van der Waals surface area contributed by atoms with Crippen LogP contribution in [0.1, 0.15) is 0 Å². The SMILES string of the molecule is [O]c1c(F)cccc1F. The van der Waals surface area contributed by atoms with Gasteiger partial charge in [0, 0.05) is 0 Å². The van der Waals surface area contributed by atoms with E-state index in [0.29, 0.717) is 0 Å². The zero-order valence-corrected chi connectivity index (χ0v) is 4.40. The second-order valence-corrected chi connectivity index (χ2v) is 1.55. The molecule has 1 rings (SSSR count). The molecule has 0 aliphatic rings. The van der Waals surface area contributed by atoms with Crippen molar-refractivity contribution >= 4 is 0 Å². The van der Waals surface area contributed by atoms with E-state index in [1.807, 2.05) is 0 Å². The molecule has 0 heterocycles. The van der Waals surface area contributed by atoms with Gasteiger partial charge in [-0.2, -0.15) is 0 Å². The van der Waals surface area contributed by atoms with Crippen LogP contribution in [0.4, 0.5) is 8.78 Å². The van der Waals surface area contributed by atoms with Crippen molar-refractivity contribution in [2.75, 3.05) is 0 Å². The first-order valence-electron chi connectivity index (χ1n) is 2.33. The van der Waals surface area contributed by atoms with Crippen LogP contribution in [-0.4, -0.2) is 0 Å². The molecule has 0 aromatic heterocycles. The molecule has 0 saturated heterocycles. The van der Waals surface area contributed by atoms with Gasteiger partial charge in [0.15, 0.2) is 11.6 Å². The van der Waals surface area contributed by atoms with Crippen molar-refractivity contribution in [3.8, 4) is 5.75 Å². The van der Waals surface area contributed by atoms with Gasteiger partial charge in [-0.3, -0.25) is 5.11 Å². The number of benzene rings is 1. The fourth-order valence-electron chi connectivity index (χ4n) is 0.483. The standard InChI is InChI=1S/C6H3F2O/c7-4-2-1-3-5(8)6(4)9/h1-3H. The Kier molecular flexibility index (Phi) is 1.34. The summed E-state index contributed by atoms with van der Waals surface area (Å²) in [6.07, 6.45) is 0. The molecule has 47 valence electrons. The third-order valence-corrected chi connectivity index (χ3v) is 0.919. The monoisotopic (exact) mass is 129 g/mol. The highest BCUT2D eigenvalue weighted by Gasteiger charge is 2.06. The van der Waals surface area contributed by atoms with E-state index < -0.39 is 17.4 Å². The minimum absolute atomic E-state index is 0.922. The van der Waals surface area contributed by atoms with Gasteiger partial charge in [0.25, 0.3) is 0 Å². The van der Waals surface area contributed by atoms with Gasteiger partial charge in [0.05, 0.1) is 0 Å². The van der Waals surface area contributed by atoms with Crippen molar-refractivity contribution in [1.29, 1.82) is 0 Å². The van der Waals surface area contributed by atoms with Crippen LogP contribution in [0.2, 0.25) is 0 Å². The quantitative estimate of drug-likeness (QED) is 0.511. The lowest BCUT2D eigenvalue weighted by molar-refractivity contribution is 0.306. The Labute approximate surface area is 50.6 Å². The molecule has 1 aromatic rings. The van der Waals surface area contributed by atoms with E-state index in [1.54, 1.807) is 0 Å². The molecule has 0 spiro atoms. The maximum Gasteiger partial charge on any atom is 0.249 e. The predicted molar refractivity (Wildman–Crippen MR) is 26.5 cm³/mol. The Bertz CT molecular complexity index is 202. The van der Waals surface area contributed by atoms with Crippen molar-refractivity contribution in [3.05, 3.63) is 29.8 Å². The van der Waals surface area contributed by atoms with Crippen LogP contribution in [0.25, 0.3) is 0 Å². The number of para-hydroxylation sites is 1. The average molecular weight is 129 g/mol. The van der Waals surface area contributed by atoms with E-state index in [9.17, 15) is 13.9 Å². The highest BCUT2D eigenvalue weighted by Crippen LogP contribution is 2.18. The van der Waals surface area contributed by atoms with Crippen LogP contribution in [-0.2, 0) is 5.11 Å². The van der Waals surface area contributed by atoms with E-state index in [4.69, 9.17) is 0 Å². The molecule has 9 heavy (non-hydrogen) atoms. The first kappa shape index (κ1) is 6.01. The first-order valence-corrected chi connectivity index (χ1v) is 2.33. The Morgan fingerprint density at radius 3 is 1.89 bits per heavy atom. The molecule has 0 atom stereocenters. The fourth-order valence-corrected chi connectivity index (χ4v) is 0.483. The number of hydrogen-bond acceptors (Lipinski definition) is 0. The van der Waals surface area contributed by atoms with Crippen LogP contribution < -0.4 is 0 Å². The van der Waals surface area contributed by atoms with E-state index in [2.05, 4.69) is 0 Å². The second-order valence-electron chi connectivity index (χ2n) is 1.55. The van der Waals surface area contributed by atoms with Crippen LogP contribution >= 0.6 is 0 Å². The smallest absolute Gasteiger partial charge is 0.249 e. The molecular formula is C6H3F2O. The largest absolute Gasteiger partial charge is 0.283 e. The molecule has 0 N–H and O–H groups in total. The number of hydrogen-bond donors (Lipinski definition) is 0. The summed E-state index contributed by atoms with van der Waals surface area (Å²) in [5, 5.41) is 10.2. The third-order valence-electron chi connectivity index (χ3n) is 0.919. The van der Waals surface area contributed by atoms with Crippen molar-refractivity contribution in [2.45, 2.75) is 0 Å². The van der Waals surface area contributed by atoms with Gasteiger partial charge in [-0.15, -0.1) is 0 Å². The summed E-state index contributed by atoms with van der Waals surface area (Å²) in [5.41, 5.74) is 0. The molecule has 0 fully saturated rings. The van der Waals surface area contributed by atoms with Crippen LogP contribution in [0.5, 0.6) is 5.75 Å². The Hall–Kier alpha value is -1.12. The van der Waals surface area contributed by atoms with Crippen molar-refractivity contribution in [3.63, 3.8) is 0 Å². The van der Waals surface area contributed by atoms with Gasteiger partial charge in [-0.1, -0.05) is 6.07 Å². The van der Waals surface area contributed by atoms with E-state index in [1.165, 1.54) is 0 Å². The maximum atomic E-state index is 12.0. The summed E-state index contributed by atoms with van der Waals surface area (Å²) in [6.45, 7) is 0. The molecule has 1 aromatic carbocycles. The van der Waals surface area contributed by atoms with E-state index in [0.717, 1.165) is 18.2 Å². The lowest BCUT2D eigenvalue weighted by atomic mass is 10.3. The molecule has 1 nitrogen and oxygen atoms in total. The minimum Gasteiger partial charge on any atom is -0.283 e. The Morgan fingerprint density at radius 2 is 1.56 bits per heavy atom. The maximum absolute atomic E-state index is 12.0. The second kappa shape index (κ2) is 2.01. The van der Waals surface area contributed by atoms with Crippen molar-refractivity contribution in [2.24, 2.45) is 0 Å². The van der Waals surface area contributed by atoms with Gasteiger partial charge in [-0.05, 0) is 12.1 Å². The molecular weight excluding hydrogens is 126 g/mol. The molecule has 0 amide bonds. The summed E-state index contributed by atoms with van der Waals surface area (Å²) in [5.74, 6) is -3.26. The minimum atomic E-state index is -1.17. The Balaban J connectivity index is 3.25. The van der Waals surface area contributed by atoms with Gasteiger partial charge in [0.1, 0.15) is 0 Å². The Morgan fingerprint density at radius 1 is 1.11 bits per heavy atom. The third kappa shape index (κ3) is 0.988. The molecule has 0 bridgehead atoms. The molecule has 3 heteroatoms. The molecule has 0 unspecified atom stereocenters. The van der Waals surface area contributed by atoms with Gasteiger partial charge in [-0.25, -0.2) is 8.78 Å². The number of halogens is 2. The normalized spacial score (nSPS) is 9.56. The van der Waals surface area contributed by atoms with Gasteiger partial charge < -0.3 is 0 Å². The zero-order valence-electron chi connectivity index (χ0n) is 4.40. The summed E-state index contributed by atoms with van der Waals surface area (Å²) < 4.78 is 24.1. The summed E-state index contributed by atoms with van der Waals surface area (Å²) in [6, 6.07) is 2.99. The van der Waals surface area contributed by atoms with Crippen molar-refractivity contribution in [1.82, 2.24) is 0 Å². The summed E-state index contributed by atoms with van der Waals surface area (Å²) in [4.78, 5) is 0. The van der Waals surface area contributed by atoms with E-state index >= 15 is 0 Å².